The first-order valence-electron chi connectivity index (χ1n) is 6.01. The van der Waals surface area contributed by atoms with Crippen LogP contribution >= 0.6 is 0 Å². The monoisotopic (exact) mass is 263 g/mol. The van der Waals surface area contributed by atoms with Gasteiger partial charge in [-0.1, -0.05) is 13.0 Å². The molecule has 1 aromatic carbocycles. The molecule has 3 nitrogen and oxygen atoms in total. The van der Waals surface area contributed by atoms with Crippen molar-refractivity contribution in [1.82, 2.24) is 10.3 Å². The van der Waals surface area contributed by atoms with E-state index in [0.29, 0.717) is 23.4 Å². The van der Waals surface area contributed by atoms with Crippen LogP contribution in [0.4, 0.5) is 14.5 Å². The van der Waals surface area contributed by atoms with Crippen LogP contribution in [0.15, 0.2) is 36.7 Å². The Morgan fingerprint density at radius 2 is 2.05 bits per heavy atom. The van der Waals surface area contributed by atoms with Gasteiger partial charge >= 0.3 is 0 Å². The summed E-state index contributed by atoms with van der Waals surface area (Å²) in [5, 5.41) is 3.13. The number of halogens is 2. The van der Waals surface area contributed by atoms with E-state index in [9.17, 15) is 8.78 Å². The predicted octanol–water partition coefficient (Wildman–Crippen LogP) is 2.64. The van der Waals surface area contributed by atoms with Gasteiger partial charge in [-0.25, -0.2) is 8.78 Å². The Bertz CT molecular complexity index is 572. The first kappa shape index (κ1) is 13.4. The van der Waals surface area contributed by atoms with Crippen molar-refractivity contribution >= 4 is 5.69 Å². The summed E-state index contributed by atoms with van der Waals surface area (Å²) in [5.74, 6) is -1.20. The summed E-state index contributed by atoms with van der Waals surface area (Å²) in [5.41, 5.74) is 7.44. The van der Waals surface area contributed by atoms with Crippen LogP contribution in [0.3, 0.4) is 0 Å². The molecule has 5 heteroatoms. The number of rotatable bonds is 4. The van der Waals surface area contributed by atoms with Crippen LogP contribution in [0.25, 0.3) is 0 Å². The minimum Gasteiger partial charge on any atom is -0.398 e. The fourth-order valence-corrected chi connectivity index (χ4v) is 1.99. The molecule has 1 atom stereocenters. The van der Waals surface area contributed by atoms with Crippen LogP contribution in [-0.4, -0.2) is 11.5 Å². The fourth-order valence-electron chi connectivity index (χ4n) is 1.99. The van der Waals surface area contributed by atoms with Crippen LogP contribution in [0.5, 0.6) is 0 Å². The maximum Gasteiger partial charge on any atom is 0.131 e. The highest BCUT2D eigenvalue weighted by atomic mass is 19.1. The Hall–Kier alpha value is -2.01. The normalized spacial score (nSPS) is 12.4. The van der Waals surface area contributed by atoms with E-state index in [0.717, 1.165) is 6.07 Å². The van der Waals surface area contributed by atoms with Crippen molar-refractivity contribution in [1.29, 1.82) is 0 Å². The third-order valence-corrected chi connectivity index (χ3v) is 2.88. The molecule has 0 fully saturated rings. The highest BCUT2D eigenvalue weighted by Gasteiger charge is 2.19. The van der Waals surface area contributed by atoms with E-state index < -0.39 is 17.7 Å². The highest BCUT2D eigenvalue weighted by Crippen LogP contribution is 2.28. The van der Waals surface area contributed by atoms with Crippen molar-refractivity contribution in [3.05, 3.63) is 59.4 Å². The molecule has 0 bridgehead atoms. The van der Waals surface area contributed by atoms with Crippen LogP contribution in [0.1, 0.15) is 24.1 Å². The molecule has 0 saturated heterocycles. The van der Waals surface area contributed by atoms with Gasteiger partial charge in [-0.15, -0.1) is 0 Å². The number of nitrogens with two attached hydrogens (primary N) is 1. The number of anilines is 1. The Balaban J connectivity index is 2.48. The number of hydrogen-bond donors (Lipinski definition) is 2. The van der Waals surface area contributed by atoms with Gasteiger partial charge in [0.1, 0.15) is 11.6 Å². The van der Waals surface area contributed by atoms with Crippen molar-refractivity contribution in [2.75, 3.05) is 12.3 Å². The zero-order valence-corrected chi connectivity index (χ0v) is 10.5. The second-order valence-electron chi connectivity index (χ2n) is 4.16. The Labute approximate surface area is 110 Å². The van der Waals surface area contributed by atoms with E-state index in [-0.39, 0.29) is 0 Å². The number of nitrogens with one attached hydrogen (secondary N) is 1. The lowest BCUT2D eigenvalue weighted by molar-refractivity contribution is 0.541. The molecule has 0 aliphatic carbocycles. The molecular weight excluding hydrogens is 248 g/mol. The quantitative estimate of drug-likeness (QED) is 0.891. The van der Waals surface area contributed by atoms with Gasteiger partial charge in [-0.2, -0.15) is 0 Å². The van der Waals surface area contributed by atoms with E-state index in [1.165, 1.54) is 12.1 Å². The maximum atomic E-state index is 13.9. The molecule has 1 aromatic heterocycles. The third kappa shape index (κ3) is 2.88. The smallest absolute Gasteiger partial charge is 0.131 e. The van der Waals surface area contributed by atoms with E-state index >= 15 is 0 Å². The lowest BCUT2D eigenvalue weighted by Gasteiger charge is -2.20. The molecular formula is C14H15F2N3. The number of nitrogens with zero attached hydrogens (tertiary/aromatic N) is 1. The molecule has 0 saturated carbocycles. The Morgan fingerprint density at radius 1 is 1.26 bits per heavy atom. The van der Waals surface area contributed by atoms with Gasteiger partial charge in [-0.05, 0) is 18.7 Å². The summed E-state index contributed by atoms with van der Waals surface area (Å²) < 4.78 is 26.9. The van der Waals surface area contributed by atoms with Gasteiger partial charge in [-0.3, -0.25) is 4.98 Å². The van der Waals surface area contributed by atoms with Crippen LogP contribution in [-0.2, 0) is 0 Å². The van der Waals surface area contributed by atoms with Gasteiger partial charge in [0, 0.05) is 35.3 Å². The van der Waals surface area contributed by atoms with Crippen molar-refractivity contribution in [3.8, 4) is 0 Å². The summed E-state index contributed by atoms with van der Waals surface area (Å²) in [7, 11) is 0. The van der Waals surface area contributed by atoms with Crippen molar-refractivity contribution in [3.63, 3.8) is 0 Å². The highest BCUT2D eigenvalue weighted by molar-refractivity contribution is 5.49. The topological polar surface area (TPSA) is 50.9 Å². The van der Waals surface area contributed by atoms with Crippen LogP contribution < -0.4 is 11.1 Å². The molecule has 2 rings (SSSR count). The molecule has 0 radical (unpaired) electrons. The molecule has 100 valence electrons. The van der Waals surface area contributed by atoms with Crippen LogP contribution in [0.2, 0.25) is 0 Å². The van der Waals surface area contributed by atoms with Gasteiger partial charge < -0.3 is 11.1 Å². The zero-order chi connectivity index (χ0) is 13.8. The number of aromatic nitrogens is 1. The van der Waals surface area contributed by atoms with Gasteiger partial charge in [0.05, 0.1) is 6.04 Å². The molecule has 1 unspecified atom stereocenters. The third-order valence-electron chi connectivity index (χ3n) is 2.88. The fraction of sp³-hybridized carbons (Fsp3) is 0.214. The zero-order valence-electron chi connectivity index (χ0n) is 10.5. The van der Waals surface area contributed by atoms with Crippen molar-refractivity contribution < 1.29 is 8.78 Å². The second kappa shape index (κ2) is 5.75. The summed E-state index contributed by atoms with van der Waals surface area (Å²) in [6.45, 7) is 2.52. The Morgan fingerprint density at radius 3 is 2.68 bits per heavy atom. The Kier molecular flexibility index (Phi) is 4.06. The average molecular weight is 263 g/mol. The standard InChI is InChI=1S/C14H15F2N3/c1-2-19-14(11-8-18-6-5-13(11)17)10-4-3-9(15)7-12(10)16/h3-8,14,19H,2H2,1H3,(H2,17,18). The summed E-state index contributed by atoms with van der Waals surface area (Å²) in [6, 6.07) is 4.73. The first-order valence-corrected chi connectivity index (χ1v) is 6.01. The first-order chi connectivity index (χ1) is 9.13. The average Bonchev–Trinajstić information content (AvgIpc) is 2.38. The molecule has 2 aromatic rings. The molecule has 3 N–H and O–H groups in total. The van der Waals surface area contributed by atoms with E-state index in [1.54, 1.807) is 18.5 Å². The van der Waals surface area contributed by atoms with Gasteiger partial charge in [0.25, 0.3) is 0 Å². The van der Waals surface area contributed by atoms with E-state index in [4.69, 9.17) is 5.73 Å². The van der Waals surface area contributed by atoms with Crippen LogP contribution in [0, 0.1) is 11.6 Å². The predicted molar refractivity (Wildman–Crippen MR) is 70.5 cm³/mol. The molecule has 0 aliphatic rings. The molecule has 0 amide bonds. The molecule has 0 aliphatic heterocycles. The molecule has 1 heterocycles. The largest absolute Gasteiger partial charge is 0.398 e. The summed E-state index contributed by atoms with van der Waals surface area (Å²) in [4.78, 5) is 4.00. The number of hydrogen-bond acceptors (Lipinski definition) is 3. The number of pyridine rings is 1. The second-order valence-corrected chi connectivity index (χ2v) is 4.16. The van der Waals surface area contributed by atoms with Gasteiger partial charge in [0.2, 0.25) is 0 Å². The van der Waals surface area contributed by atoms with Gasteiger partial charge in [0.15, 0.2) is 0 Å². The van der Waals surface area contributed by atoms with E-state index in [1.807, 2.05) is 6.92 Å². The van der Waals surface area contributed by atoms with Crippen molar-refractivity contribution in [2.45, 2.75) is 13.0 Å². The summed E-state index contributed by atoms with van der Waals surface area (Å²) in [6.07, 6.45) is 3.16. The SMILES string of the molecule is CCNC(c1cnccc1N)c1ccc(F)cc1F. The van der Waals surface area contributed by atoms with E-state index in [2.05, 4.69) is 10.3 Å². The minimum atomic E-state index is -0.603. The summed E-state index contributed by atoms with van der Waals surface area (Å²) >= 11 is 0. The number of benzene rings is 1. The molecule has 0 spiro atoms. The minimum absolute atomic E-state index is 0.350. The lowest BCUT2D eigenvalue weighted by atomic mass is 9.98. The number of nitrogen functional groups attached to an aromatic ring is 1. The molecule has 19 heavy (non-hydrogen) atoms. The lowest BCUT2D eigenvalue weighted by Crippen LogP contribution is -2.24. The van der Waals surface area contributed by atoms with Crippen molar-refractivity contribution in [2.24, 2.45) is 0 Å². The maximum absolute atomic E-state index is 13.9.